The van der Waals surface area contributed by atoms with Crippen LogP contribution >= 0.6 is 0 Å². The van der Waals surface area contributed by atoms with Gasteiger partial charge in [-0.2, -0.15) is 0 Å². The molecule has 1 aliphatic rings. The van der Waals surface area contributed by atoms with Gasteiger partial charge in [-0.05, 0) is 49.2 Å². The van der Waals surface area contributed by atoms with Crippen LogP contribution in [0.5, 0.6) is 5.75 Å². The maximum Gasteiger partial charge on any atom is 0.321 e. The number of halogens is 1. The number of urea groups is 1. The van der Waals surface area contributed by atoms with E-state index in [0.717, 1.165) is 5.69 Å². The van der Waals surface area contributed by atoms with Crippen LogP contribution in [-0.4, -0.2) is 43.2 Å². The lowest BCUT2D eigenvalue weighted by Gasteiger charge is -2.30. The smallest absolute Gasteiger partial charge is 0.321 e. The zero-order chi connectivity index (χ0) is 19.8. The fourth-order valence-corrected chi connectivity index (χ4v) is 2.99. The fourth-order valence-electron chi connectivity index (χ4n) is 2.99. The van der Waals surface area contributed by atoms with Crippen molar-refractivity contribution in [2.45, 2.75) is 12.8 Å². The Bertz CT molecular complexity index is 775. The number of likely N-dealkylation sites (tertiary alicyclic amines) is 1. The first kappa shape index (κ1) is 19.7. The standard InChI is InChI=1S/C21H23FN2O4/c22-17-6-8-19(9-7-17)27-14-15-28-20(25)16-10-12-24(13-11-16)21(26)23-18-4-2-1-3-5-18/h1-9,16H,10-15H2,(H,23,26). The SMILES string of the molecule is O=C(OCCOc1ccc(F)cc1)C1CCN(C(=O)Nc2ccccc2)CC1. The van der Waals surface area contributed by atoms with E-state index in [9.17, 15) is 14.0 Å². The molecule has 1 fully saturated rings. The lowest BCUT2D eigenvalue weighted by atomic mass is 9.97. The van der Waals surface area contributed by atoms with Crippen molar-refractivity contribution in [2.24, 2.45) is 5.92 Å². The Kier molecular flexibility index (Phi) is 6.84. The number of esters is 1. The van der Waals surface area contributed by atoms with Gasteiger partial charge in [0.25, 0.3) is 0 Å². The highest BCUT2D eigenvalue weighted by molar-refractivity contribution is 5.89. The molecule has 28 heavy (non-hydrogen) atoms. The number of anilines is 1. The molecule has 0 unspecified atom stereocenters. The van der Waals surface area contributed by atoms with Gasteiger partial charge < -0.3 is 19.7 Å². The number of ether oxygens (including phenoxy) is 2. The van der Waals surface area contributed by atoms with Gasteiger partial charge >= 0.3 is 12.0 Å². The van der Waals surface area contributed by atoms with E-state index in [4.69, 9.17) is 9.47 Å². The second-order valence-corrected chi connectivity index (χ2v) is 6.53. The second kappa shape index (κ2) is 9.73. The van der Waals surface area contributed by atoms with Crippen molar-refractivity contribution >= 4 is 17.7 Å². The van der Waals surface area contributed by atoms with E-state index >= 15 is 0 Å². The molecule has 1 aliphatic heterocycles. The normalized spacial score (nSPS) is 14.4. The molecule has 1 saturated heterocycles. The van der Waals surface area contributed by atoms with Gasteiger partial charge in [0.1, 0.15) is 24.8 Å². The lowest BCUT2D eigenvalue weighted by Crippen LogP contribution is -2.42. The fraction of sp³-hybridized carbons (Fsp3) is 0.333. The van der Waals surface area contributed by atoms with Crippen molar-refractivity contribution in [3.8, 4) is 5.75 Å². The third-order valence-electron chi connectivity index (χ3n) is 4.55. The molecule has 0 saturated carbocycles. The van der Waals surface area contributed by atoms with Crippen molar-refractivity contribution in [3.63, 3.8) is 0 Å². The molecule has 148 valence electrons. The summed E-state index contributed by atoms with van der Waals surface area (Å²) in [6.07, 6.45) is 1.14. The molecule has 2 aromatic carbocycles. The monoisotopic (exact) mass is 386 g/mol. The molecule has 1 heterocycles. The van der Waals surface area contributed by atoms with Gasteiger partial charge in [0.15, 0.2) is 0 Å². The number of nitrogens with zero attached hydrogens (tertiary/aromatic N) is 1. The lowest BCUT2D eigenvalue weighted by molar-refractivity contribution is -0.150. The summed E-state index contributed by atoms with van der Waals surface area (Å²) < 4.78 is 23.5. The van der Waals surface area contributed by atoms with Crippen LogP contribution in [0.3, 0.4) is 0 Å². The van der Waals surface area contributed by atoms with Crippen LogP contribution in [0.1, 0.15) is 12.8 Å². The van der Waals surface area contributed by atoms with Gasteiger partial charge in [-0.25, -0.2) is 9.18 Å². The van der Waals surface area contributed by atoms with Crippen LogP contribution in [0.2, 0.25) is 0 Å². The van der Waals surface area contributed by atoms with E-state index < -0.39 is 0 Å². The number of piperidine rings is 1. The number of amides is 2. The summed E-state index contributed by atoms with van der Waals surface area (Å²) >= 11 is 0. The van der Waals surface area contributed by atoms with Crippen LogP contribution < -0.4 is 10.1 Å². The molecule has 1 N–H and O–H groups in total. The number of rotatable bonds is 6. The predicted molar refractivity (Wildman–Crippen MR) is 103 cm³/mol. The highest BCUT2D eigenvalue weighted by atomic mass is 19.1. The maximum absolute atomic E-state index is 12.8. The molecule has 0 atom stereocenters. The molecule has 0 spiro atoms. The average molecular weight is 386 g/mol. The summed E-state index contributed by atoms with van der Waals surface area (Å²) in [5, 5.41) is 2.85. The summed E-state index contributed by atoms with van der Waals surface area (Å²) in [5.41, 5.74) is 0.746. The number of para-hydroxylation sites is 1. The number of hydrogen-bond acceptors (Lipinski definition) is 4. The van der Waals surface area contributed by atoms with Gasteiger partial charge in [0.05, 0.1) is 5.92 Å². The molecule has 0 bridgehead atoms. The molecule has 0 aliphatic carbocycles. The Morgan fingerprint density at radius 3 is 2.36 bits per heavy atom. The third kappa shape index (κ3) is 5.70. The Morgan fingerprint density at radius 2 is 1.68 bits per heavy atom. The maximum atomic E-state index is 12.8. The molecule has 2 aromatic rings. The first-order valence-electron chi connectivity index (χ1n) is 9.28. The molecule has 6 nitrogen and oxygen atoms in total. The highest BCUT2D eigenvalue weighted by Gasteiger charge is 2.28. The van der Waals surface area contributed by atoms with Crippen molar-refractivity contribution in [3.05, 3.63) is 60.4 Å². The molecular formula is C21H23FN2O4. The van der Waals surface area contributed by atoms with Gasteiger partial charge in [-0.15, -0.1) is 0 Å². The first-order chi connectivity index (χ1) is 13.6. The van der Waals surface area contributed by atoms with Crippen molar-refractivity contribution in [2.75, 3.05) is 31.6 Å². The number of carbonyl (C=O) groups is 2. The van der Waals surface area contributed by atoms with Crippen LogP contribution in [0.25, 0.3) is 0 Å². The minimum atomic E-state index is -0.331. The minimum Gasteiger partial charge on any atom is -0.490 e. The van der Waals surface area contributed by atoms with E-state index in [1.807, 2.05) is 30.3 Å². The van der Waals surface area contributed by atoms with E-state index in [2.05, 4.69) is 5.32 Å². The van der Waals surface area contributed by atoms with Crippen molar-refractivity contribution in [1.82, 2.24) is 4.90 Å². The van der Waals surface area contributed by atoms with E-state index in [0.29, 0.717) is 31.7 Å². The summed E-state index contributed by atoms with van der Waals surface area (Å²) in [7, 11) is 0. The Hall–Kier alpha value is -3.09. The van der Waals surface area contributed by atoms with Crippen LogP contribution in [0.15, 0.2) is 54.6 Å². The van der Waals surface area contributed by atoms with E-state index in [1.54, 1.807) is 4.90 Å². The van der Waals surface area contributed by atoms with E-state index in [1.165, 1.54) is 24.3 Å². The van der Waals surface area contributed by atoms with Crippen LogP contribution in [0, 0.1) is 11.7 Å². The molecule has 0 radical (unpaired) electrons. The number of nitrogens with one attached hydrogen (secondary N) is 1. The predicted octanol–water partition coefficient (Wildman–Crippen LogP) is 3.69. The summed E-state index contributed by atoms with van der Waals surface area (Å²) in [4.78, 5) is 26.1. The zero-order valence-corrected chi connectivity index (χ0v) is 15.5. The highest BCUT2D eigenvalue weighted by Crippen LogP contribution is 2.20. The summed E-state index contributed by atoms with van der Waals surface area (Å²) in [5.74, 6) is -0.296. The molecular weight excluding hydrogens is 363 g/mol. The van der Waals surface area contributed by atoms with Gasteiger partial charge in [-0.1, -0.05) is 18.2 Å². The van der Waals surface area contributed by atoms with Gasteiger partial charge in [0.2, 0.25) is 0 Å². The van der Waals surface area contributed by atoms with Crippen LogP contribution in [-0.2, 0) is 9.53 Å². The first-order valence-corrected chi connectivity index (χ1v) is 9.28. The molecule has 3 rings (SSSR count). The number of benzene rings is 2. The van der Waals surface area contributed by atoms with Gasteiger partial charge in [-0.3, -0.25) is 4.79 Å². The van der Waals surface area contributed by atoms with E-state index in [-0.39, 0.29) is 36.9 Å². The Morgan fingerprint density at radius 1 is 1.00 bits per heavy atom. The largest absolute Gasteiger partial charge is 0.490 e. The molecule has 7 heteroatoms. The minimum absolute atomic E-state index is 0.130. The van der Waals surface area contributed by atoms with Gasteiger partial charge in [0, 0.05) is 18.8 Å². The number of carbonyl (C=O) groups excluding carboxylic acids is 2. The Labute approximate surface area is 163 Å². The van der Waals surface area contributed by atoms with Crippen LogP contribution in [0.4, 0.5) is 14.9 Å². The van der Waals surface area contributed by atoms with Crippen molar-refractivity contribution < 1.29 is 23.5 Å². The Balaban J connectivity index is 1.34. The summed E-state index contributed by atoms with van der Waals surface area (Å²) in [6, 6.07) is 14.8. The van der Waals surface area contributed by atoms with Crippen molar-refractivity contribution in [1.29, 1.82) is 0 Å². The summed E-state index contributed by atoms with van der Waals surface area (Å²) in [6.45, 7) is 1.34. The average Bonchev–Trinajstić information content (AvgIpc) is 2.73. The molecule has 0 aromatic heterocycles. The second-order valence-electron chi connectivity index (χ2n) is 6.53. The molecule has 2 amide bonds. The third-order valence-corrected chi connectivity index (χ3v) is 4.55. The quantitative estimate of drug-likeness (QED) is 0.607. The topological polar surface area (TPSA) is 67.9 Å². The zero-order valence-electron chi connectivity index (χ0n) is 15.5. The number of hydrogen-bond donors (Lipinski definition) is 1.